The van der Waals surface area contributed by atoms with Crippen LogP contribution >= 0.6 is 0 Å². The summed E-state index contributed by atoms with van der Waals surface area (Å²) >= 11 is 0. The smallest absolute Gasteiger partial charge is 0.225 e. The molecule has 8 nitrogen and oxygen atoms in total. The fourth-order valence-corrected chi connectivity index (χ4v) is 2.57. The minimum Gasteiger partial charge on any atom is -0.310 e. The molecule has 4 rings (SSSR count). The fraction of sp³-hybridized carbons (Fsp3) is 0.222. The second-order valence-corrected chi connectivity index (χ2v) is 5.74. The van der Waals surface area contributed by atoms with Gasteiger partial charge in [-0.05, 0) is 24.3 Å². The van der Waals surface area contributed by atoms with Gasteiger partial charge < -0.3 is 10.6 Å². The minimum atomic E-state index is -0.147. The van der Waals surface area contributed by atoms with Gasteiger partial charge >= 0.3 is 0 Å². The number of ketones is 2. The lowest BCUT2D eigenvalue weighted by molar-refractivity contribution is -0.116. The number of rotatable bonds is 0. The molecule has 2 aromatic rings. The minimum absolute atomic E-state index is 0.0264. The first-order chi connectivity index (χ1) is 12.5. The summed E-state index contributed by atoms with van der Waals surface area (Å²) in [7, 11) is 0. The highest BCUT2D eigenvalue weighted by atomic mass is 16.2. The zero-order chi connectivity index (χ0) is 18.5. The summed E-state index contributed by atoms with van der Waals surface area (Å²) < 4.78 is 0. The Labute approximate surface area is 149 Å². The number of nitrogens with one attached hydrogen (secondary N) is 2. The van der Waals surface area contributed by atoms with E-state index in [0.29, 0.717) is 22.8 Å². The van der Waals surface area contributed by atoms with Crippen LogP contribution in [-0.4, -0.2) is 33.3 Å². The first-order valence-corrected chi connectivity index (χ1v) is 8.11. The lowest BCUT2D eigenvalue weighted by Gasteiger charge is -2.01. The highest BCUT2D eigenvalue weighted by Gasteiger charge is 2.20. The highest BCUT2D eigenvalue weighted by molar-refractivity contribution is 6.08. The van der Waals surface area contributed by atoms with Crippen molar-refractivity contribution < 1.29 is 19.2 Å². The second-order valence-electron chi connectivity index (χ2n) is 5.74. The predicted molar refractivity (Wildman–Crippen MR) is 92.9 cm³/mol. The summed E-state index contributed by atoms with van der Waals surface area (Å²) in [6.07, 6.45) is 4.13. The van der Waals surface area contributed by atoms with E-state index in [0.717, 1.165) is 0 Å². The van der Waals surface area contributed by atoms with Crippen molar-refractivity contribution >= 4 is 35.0 Å². The normalized spacial score (nSPS) is 16.0. The summed E-state index contributed by atoms with van der Waals surface area (Å²) in [6, 6.07) is 6.73. The van der Waals surface area contributed by atoms with Crippen molar-refractivity contribution in [1.82, 2.24) is 9.97 Å². The molecule has 0 fully saturated rings. The van der Waals surface area contributed by atoms with E-state index in [9.17, 15) is 19.2 Å². The molecule has 132 valence electrons. The van der Waals surface area contributed by atoms with Gasteiger partial charge in [0, 0.05) is 38.1 Å². The Morgan fingerprint density at radius 3 is 1.50 bits per heavy atom. The number of carbonyl (C=O) groups excluding carboxylic acids is 4. The lowest BCUT2D eigenvalue weighted by Crippen LogP contribution is -2.10. The van der Waals surface area contributed by atoms with Gasteiger partial charge in [-0.3, -0.25) is 19.2 Å². The number of amides is 2. The van der Waals surface area contributed by atoms with Gasteiger partial charge in [0.05, 0.1) is 11.1 Å². The van der Waals surface area contributed by atoms with E-state index in [1.807, 2.05) is 0 Å². The molecule has 2 N–H and O–H groups in total. The Kier molecular flexibility index (Phi) is 5.12. The molecule has 0 bridgehead atoms. The second kappa shape index (κ2) is 7.64. The molecular weight excluding hydrogens is 336 g/mol. The van der Waals surface area contributed by atoms with Crippen LogP contribution in [-0.2, 0) is 9.59 Å². The molecule has 0 unspecified atom stereocenters. The summed E-state index contributed by atoms with van der Waals surface area (Å²) in [5, 5.41) is 5.16. The van der Waals surface area contributed by atoms with Crippen molar-refractivity contribution in [3.05, 3.63) is 47.8 Å². The van der Waals surface area contributed by atoms with Crippen LogP contribution in [0.1, 0.15) is 46.4 Å². The summed E-state index contributed by atoms with van der Waals surface area (Å²) in [6.45, 7) is 0. The van der Waals surface area contributed by atoms with E-state index in [1.54, 1.807) is 36.7 Å². The number of hydrogen-bond donors (Lipinski definition) is 2. The number of nitrogens with zero attached hydrogens (tertiary/aromatic N) is 2. The molecule has 2 aliphatic rings. The average molecular weight is 352 g/mol. The molecule has 0 radical (unpaired) electrons. The molecule has 0 saturated carbocycles. The zero-order valence-electron chi connectivity index (χ0n) is 13.8. The summed E-state index contributed by atoms with van der Waals surface area (Å²) in [5.41, 5.74) is 1.02. The molecule has 8 heteroatoms. The standard InChI is InChI=1S/2C9H8N2O2/c2*12-7-3-4-8(13)11-9-6(7)2-1-5-10-9/h2*1-2,5H,3-4H2,(H,10,11,13). The molecule has 4 heterocycles. The first kappa shape index (κ1) is 17.4. The highest BCUT2D eigenvalue weighted by Crippen LogP contribution is 2.19. The molecule has 2 aliphatic heterocycles. The van der Waals surface area contributed by atoms with Gasteiger partial charge in [-0.1, -0.05) is 0 Å². The third-order valence-corrected chi connectivity index (χ3v) is 3.89. The molecule has 2 amide bonds. The van der Waals surface area contributed by atoms with E-state index < -0.39 is 0 Å². The number of aromatic nitrogens is 2. The van der Waals surface area contributed by atoms with E-state index >= 15 is 0 Å². The van der Waals surface area contributed by atoms with Crippen LogP contribution in [0.5, 0.6) is 0 Å². The number of carbonyl (C=O) groups is 4. The third kappa shape index (κ3) is 3.97. The number of pyridine rings is 2. The maximum atomic E-state index is 11.4. The van der Waals surface area contributed by atoms with Crippen molar-refractivity contribution in [2.24, 2.45) is 0 Å². The Morgan fingerprint density at radius 1 is 0.654 bits per heavy atom. The quantitative estimate of drug-likeness (QED) is 0.748. The van der Waals surface area contributed by atoms with Crippen LogP contribution in [0, 0.1) is 0 Å². The van der Waals surface area contributed by atoms with Crippen LogP contribution in [0.3, 0.4) is 0 Å². The first-order valence-electron chi connectivity index (χ1n) is 8.11. The number of Topliss-reactive ketones (excluding diaryl/α,β-unsaturated/α-hetero) is 2. The van der Waals surface area contributed by atoms with Gasteiger partial charge in [-0.15, -0.1) is 0 Å². The van der Waals surface area contributed by atoms with Crippen LogP contribution in [0.25, 0.3) is 0 Å². The number of hydrogen-bond acceptors (Lipinski definition) is 6. The molecule has 0 aliphatic carbocycles. The van der Waals surface area contributed by atoms with Crippen molar-refractivity contribution in [3.8, 4) is 0 Å². The van der Waals surface area contributed by atoms with E-state index in [-0.39, 0.29) is 49.1 Å². The van der Waals surface area contributed by atoms with Gasteiger partial charge in [0.15, 0.2) is 11.6 Å². The Hall–Kier alpha value is -3.42. The van der Waals surface area contributed by atoms with E-state index in [1.165, 1.54) is 0 Å². The van der Waals surface area contributed by atoms with Gasteiger partial charge in [-0.25, -0.2) is 9.97 Å². The molecule has 0 spiro atoms. The van der Waals surface area contributed by atoms with Crippen LogP contribution in [0.2, 0.25) is 0 Å². The fourth-order valence-electron chi connectivity index (χ4n) is 2.57. The van der Waals surface area contributed by atoms with Crippen molar-refractivity contribution in [2.75, 3.05) is 10.6 Å². The Balaban J connectivity index is 0.000000151. The topological polar surface area (TPSA) is 118 Å². The maximum Gasteiger partial charge on any atom is 0.225 e. The average Bonchev–Trinajstić information content (AvgIpc) is 2.88. The monoisotopic (exact) mass is 352 g/mol. The summed E-state index contributed by atoms with van der Waals surface area (Å²) in [4.78, 5) is 52.9. The summed E-state index contributed by atoms with van der Waals surface area (Å²) in [5.74, 6) is 0.421. The Bertz CT molecular complexity index is 821. The van der Waals surface area contributed by atoms with Crippen molar-refractivity contribution in [1.29, 1.82) is 0 Å². The van der Waals surface area contributed by atoms with Gasteiger partial charge in [-0.2, -0.15) is 0 Å². The molecule has 0 atom stereocenters. The van der Waals surface area contributed by atoms with Crippen molar-refractivity contribution in [2.45, 2.75) is 25.7 Å². The van der Waals surface area contributed by atoms with Crippen molar-refractivity contribution in [3.63, 3.8) is 0 Å². The van der Waals surface area contributed by atoms with Crippen LogP contribution < -0.4 is 10.6 Å². The van der Waals surface area contributed by atoms with Crippen LogP contribution in [0.4, 0.5) is 11.6 Å². The third-order valence-electron chi connectivity index (χ3n) is 3.89. The zero-order valence-corrected chi connectivity index (χ0v) is 13.8. The molecule has 2 aromatic heterocycles. The lowest BCUT2D eigenvalue weighted by atomic mass is 10.1. The maximum absolute atomic E-state index is 11.4. The van der Waals surface area contributed by atoms with Gasteiger partial charge in [0.1, 0.15) is 11.6 Å². The number of fused-ring (bicyclic) bond motifs is 2. The Morgan fingerprint density at radius 2 is 1.08 bits per heavy atom. The van der Waals surface area contributed by atoms with Gasteiger partial charge in [0.2, 0.25) is 11.8 Å². The largest absolute Gasteiger partial charge is 0.310 e. The van der Waals surface area contributed by atoms with Gasteiger partial charge in [0.25, 0.3) is 0 Å². The van der Waals surface area contributed by atoms with Crippen LogP contribution in [0.15, 0.2) is 36.7 Å². The molecule has 26 heavy (non-hydrogen) atoms. The van der Waals surface area contributed by atoms with E-state index in [2.05, 4.69) is 20.6 Å². The molecule has 0 saturated heterocycles. The SMILES string of the molecule is O=C1CCC(=O)c2cccnc2N1.O=C1CCC(=O)c2cccnc2N1. The molecular formula is C18H16N4O4. The number of anilines is 2. The van der Waals surface area contributed by atoms with E-state index in [4.69, 9.17) is 0 Å². The predicted octanol–water partition coefficient (Wildman–Crippen LogP) is 1.99. The molecule has 0 aromatic carbocycles.